The first kappa shape index (κ1) is 19.5. The van der Waals surface area contributed by atoms with Crippen LogP contribution in [-0.2, 0) is 9.53 Å². The van der Waals surface area contributed by atoms with E-state index < -0.39 is 0 Å². The molecule has 3 fully saturated rings. The van der Waals surface area contributed by atoms with E-state index in [1.165, 1.54) is 19.3 Å². The molecule has 0 aromatic carbocycles. The van der Waals surface area contributed by atoms with Gasteiger partial charge >= 0.3 is 0 Å². The van der Waals surface area contributed by atoms with Crippen molar-refractivity contribution in [2.75, 3.05) is 58.4 Å². The number of likely N-dealkylation sites (tertiary alicyclic amines) is 1. The van der Waals surface area contributed by atoms with E-state index in [4.69, 9.17) is 9.47 Å². The van der Waals surface area contributed by atoms with Gasteiger partial charge in [0.15, 0.2) is 11.6 Å². The van der Waals surface area contributed by atoms with Crippen LogP contribution in [0.25, 0.3) is 0 Å². The fourth-order valence-electron chi connectivity index (χ4n) is 4.32. The van der Waals surface area contributed by atoms with Crippen molar-refractivity contribution in [1.29, 1.82) is 0 Å². The van der Waals surface area contributed by atoms with Crippen molar-refractivity contribution in [2.45, 2.75) is 37.8 Å². The Morgan fingerprint density at radius 3 is 2.93 bits per heavy atom. The van der Waals surface area contributed by atoms with Crippen molar-refractivity contribution in [3.05, 3.63) is 18.3 Å². The van der Waals surface area contributed by atoms with E-state index in [1.54, 1.807) is 6.20 Å². The smallest absolute Gasteiger partial charge is 0.242 e. The standard InChI is InChI=1S/C21H32N4O3/c1-23(2)20-19(7-4-9-22-20)28-17-8-10-25(14-17)21(26)18-15-27-12-11-24(18)13-16-5-3-6-16/h4,7,9,16-18H,3,5-6,8,10-15H2,1-2H3. The number of carbonyl (C=O) groups is 1. The second-order valence-corrected chi connectivity index (χ2v) is 8.41. The van der Waals surface area contributed by atoms with Crippen LogP contribution >= 0.6 is 0 Å². The monoisotopic (exact) mass is 388 g/mol. The van der Waals surface area contributed by atoms with Crippen LogP contribution in [0, 0.1) is 5.92 Å². The Balaban J connectivity index is 1.36. The lowest BCUT2D eigenvalue weighted by Gasteiger charge is -2.40. The quantitative estimate of drug-likeness (QED) is 0.738. The number of rotatable bonds is 6. The molecular weight excluding hydrogens is 356 g/mol. The largest absolute Gasteiger partial charge is 0.485 e. The van der Waals surface area contributed by atoms with Gasteiger partial charge in [-0.25, -0.2) is 4.98 Å². The van der Waals surface area contributed by atoms with E-state index >= 15 is 0 Å². The third-order valence-electron chi connectivity index (χ3n) is 6.17. The van der Waals surface area contributed by atoms with Crippen LogP contribution in [-0.4, -0.2) is 86.3 Å². The number of amides is 1. The Bertz CT molecular complexity index is 679. The fourth-order valence-corrected chi connectivity index (χ4v) is 4.32. The lowest BCUT2D eigenvalue weighted by atomic mass is 9.84. The van der Waals surface area contributed by atoms with E-state index in [9.17, 15) is 4.79 Å². The number of pyridine rings is 1. The van der Waals surface area contributed by atoms with Gasteiger partial charge < -0.3 is 19.3 Å². The van der Waals surface area contributed by atoms with Crippen molar-refractivity contribution in [1.82, 2.24) is 14.8 Å². The lowest BCUT2D eigenvalue weighted by Crippen LogP contribution is -2.56. The highest BCUT2D eigenvalue weighted by molar-refractivity contribution is 5.82. The molecule has 2 unspecified atom stereocenters. The number of ether oxygens (including phenoxy) is 2. The summed E-state index contributed by atoms with van der Waals surface area (Å²) in [5.74, 6) is 2.56. The topological polar surface area (TPSA) is 58.1 Å². The predicted molar refractivity (Wildman–Crippen MR) is 108 cm³/mol. The maximum Gasteiger partial charge on any atom is 0.242 e. The first-order valence-corrected chi connectivity index (χ1v) is 10.5. The highest BCUT2D eigenvalue weighted by atomic mass is 16.5. The maximum absolute atomic E-state index is 13.2. The molecular formula is C21H32N4O3. The van der Waals surface area contributed by atoms with Gasteiger partial charge in [0.05, 0.1) is 19.8 Å². The first-order valence-electron chi connectivity index (χ1n) is 10.5. The molecule has 0 N–H and O–H groups in total. The molecule has 3 heterocycles. The van der Waals surface area contributed by atoms with Crippen molar-refractivity contribution in [3.63, 3.8) is 0 Å². The van der Waals surface area contributed by atoms with E-state index in [-0.39, 0.29) is 18.1 Å². The zero-order valence-electron chi connectivity index (χ0n) is 17.0. The average molecular weight is 389 g/mol. The fraction of sp³-hybridized carbons (Fsp3) is 0.714. The first-order chi connectivity index (χ1) is 13.6. The average Bonchev–Trinajstić information content (AvgIpc) is 3.13. The van der Waals surface area contributed by atoms with Gasteiger partial charge in [0.25, 0.3) is 0 Å². The minimum absolute atomic E-state index is 0.0106. The predicted octanol–water partition coefficient (Wildman–Crippen LogP) is 1.63. The van der Waals surface area contributed by atoms with Crippen LogP contribution in [0.1, 0.15) is 25.7 Å². The molecule has 1 aliphatic carbocycles. The van der Waals surface area contributed by atoms with E-state index in [2.05, 4.69) is 9.88 Å². The number of morpholine rings is 1. The van der Waals surface area contributed by atoms with E-state index in [1.807, 2.05) is 36.0 Å². The third kappa shape index (κ3) is 4.25. The van der Waals surface area contributed by atoms with Crippen molar-refractivity contribution < 1.29 is 14.3 Å². The van der Waals surface area contributed by atoms with Gasteiger partial charge in [0.2, 0.25) is 5.91 Å². The van der Waals surface area contributed by atoms with Crippen molar-refractivity contribution in [3.8, 4) is 5.75 Å². The summed E-state index contributed by atoms with van der Waals surface area (Å²) in [5.41, 5.74) is 0. The van der Waals surface area contributed by atoms with Crippen LogP contribution < -0.4 is 9.64 Å². The second kappa shape index (κ2) is 8.66. The normalized spacial score (nSPS) is 26.1. The molecule has 2 aliphatic heterocycles. The highest BCUT2D eigenvalue weighted by Crippen LogP contribution is 2.29. The molecule has 2 atom stereocenters. The highest BCUT2D eigenvalue weighted by Gasteiger charge is 2.37. The number of nitrogens with zero attached hydrogens (tertiary/aromatic N) is 4. The molecule has 3 aliphatic rings. The summed E-state index contributed by atoms with van der Waals surface area (Å²) < 4.78 is 11.9. The zero-order valence-corrected chi connectivity index (χ0v) is 17.0. The van der Waals surface area contributed by atoms with E-state index in [0.29, 0.717) is 13.2 Å². The molecule has 0 bridgehead atoms. The summed E-state index contributed by atoms with van der Waals surface area (Å²) >= 11 is 0. The number of hydrogen-bond acceptors (Lipinski definition) is 6. The summed E-state index contributed by atoms with van der Waals surface area (Å²) in [6.45, 7) is 4.53. The van der Waals surface area contributed by atoms with Crippen LogP contribution in [0.3, 0.4) is 0 Å². The Morgan fingerprint density at radius 1 is 1.32 bits per heavy atom. The van der Waals surface area contributed by atoms with E-state index in [0.717, 1.165) is 50.1 Å². The van der Waals surface area contributed by atoms with Crippen LogP contribution in [0.15, 0.2) is 18.3 Å². The van der Waals surface area contributed by atoms with Gasteiger partial charge in [-0.2, -0.15) is 0 Å². The number of hydrogen-bond donors (Lipinski definition) is 0. The van der Waals surface area contributed by atoms with Crippen molar-refractivity contribution >= 4 is 11.7 Å². The molecule has 7 nitrogen and oxygen atoms in total. The van der Waals surface area contributed by atoms with Crippen LogP contribution in [0.4, 0.5) is 5.82 Å². The Hall–Kier alpha value is -1.86. The Morgan fingerprint density at radius 2 is 2.18 bits per heavy atom. The molecule has 1 saturated carbocycles. The Labute approximate surface area is 167 Å². The van der Waals surface area contributed by atoms with Gasteiger partial charge in [-0.1, -0.05) is 6.42 Å². The SMILES string of the molecule is CN(C)c1ncccc1OC1CCN(C(=O)C2COCCN2CC2CCC2)C1. The minimum Gasteiger partial charge on any atom is -0.485 e. The summed E-state index contributed by atoms with van der Waals surface area (Å²) in [6, 6.07) is 3.70. The summed E-state index contributed by atoms with van der Waals surface area (Å²) in [4.78, 5) is 23.9. The molecule has 0 spiro atoms. The van der Waals surface area contributed by atoms with Gasteiger partial charge in [0, 0.05) is 46.3 Å². The zero-order chi connectivity index (χ0) is 19.5. The number of carbonyl (C=O) groups excluding carboxylic acids is 1. The molecule has 7 heteroatoms. The summed E-state index contributed by atoms with van der Waals surface area (Å²) in [5, 5.41) is 0. The number of anilines is 1. The molecule has 154 valence electrons. The molecule has 1 amide bonds. The van der Waals surface area contributed by atoms with Gasteiger partial charge in [0.1, 0.15) is 12.1 Å². The molecule has 1 aromatic heterocycles. The van der Waals surface area contributed by atoms with Gasteiger partial charge in [-0.05, 0) is 30.9 Å². The molecule has 0 radical (unpaired) electrons. The van der Waals surface area contributed by atoms with Gasteiger partial charge in [-0.3, -0.25) is 9.69 Å². The summed E-state index contributed by atoms with van der Waals surface area (Å²) in [6.07, 6.45) is 6.57. The number of aromatic nitrogens is 1. The summed E-state index contributed by atoms with van der Waals surface area (Å²) in [7, 11) is 3.92. The van der Waals surface area contributed by atoms with Crippen LogP contribution in [0.5, 0.6) is 5.75 Å². The lowest BCUT2D eigenvalue weighted by molar-refractivity contribution is -0.143. The second-order valence-electron chi connectivity index (χ2n) is 8.41. The van der Waals surface area contributed by atoms with Crippen molar-refractivity contribution in [2.24, 2.45) is 5.92 Å². The van der Waals surface area contributed by atoms with Crippen LogP contribution in [0.2, 0.25) is 0 Å². The molecule has 28 heavy (non-hydrogen) atoms. The van der Waals surface area contributed by atoms with Gasteiger partial charge in [-0.15, -0.1) is 0 Å². The maximum atomic E-state index is 13.2. The molecule has 4 rings (SSSR count). The minimum atomic E-state index is -0.135. The molecule has 2 saturated heterocycles. The Kier molecular flexibility index (Phi) is 6.01. The third-order valence-corrected chi connectivity index (χ3v) is 6.17. The molecule has 1 aromatic rings.